The number of hydrogen-bond donors (Lipinski definition) is 1. The first-order valence-corrected chi connectivity index (χ1v) is 7.35. The van der Waals surface area contributed by atoms with Crippen molar-refractivity contribution in [2.24, 2.45) is 0 Å². The van der Waals surface area contributed by atoms with Crippen molar-refractivity contribution in [1.29, 1.82) is 0 Å². The first-order valence-electron chi connectivity index (χ1n) is 7.35. The fourth-order valence-corrected chi connectivity index (χ4v) is 1.96. The second-order valence-electron chi connectivity index (χ2n) is 6.20. The number of ether oxygens (including phenoxy) is 1. The van der Waals surface area contributed by atoms with Crippen molar-refractivity contribution in [3.8, 4) is 0 Å². The number of aliphatic hydroxyl groups is 1. The predicted octanol–water partition coefficient (Wildman–Crippen LogP) is 2.58. The van der Waals surface area contributed by atoms with E-state index in [4.69, 9.17) is 9.84 Å². The standard InChI is InChI=1S/C15H27N3O3/c1-6-13(18-10-7-12(11-19)16-18)8-9-17(5)14(20)21-15(2,3)4/h7,10,13,19H,6,8-9,11H2,1-5H3. The number of nitrogens with zero attached hydrogens (tertiary/aromatic N) is 3. The molecular formula is C15H27N3O3. The molecule has 1 aromatic heterocycles. The SMILES string of the molecule is CCC(CCN(C)C(=O)OC(C)(C)C)n1ccc(CO)n1. The lowest BCUT2D eigenvalue weighted by molar-refractivity contribution is 0.0290. The number of hydrogen-bond acceptors (Lipinski definition) is 4. The van der Waals surface area contributed by atoms with Crippen LogP contribution in [-0.2, 0) is 11.3 Å². The summed E-state index contributed by atoms with van der Waals surface area (Å²) in [4.78, 5) is 13.5. The molecule has 6 nitrogen and oxygen atoms in total. The highest BCUT2D eigenvalue weighted by molar-refractivity contribution is 5.67. The Morgan fingerprint density at radius 2 is 2.19 bits per heavy atom. The van der Waals surface area contributed by atoms with Gasteiger partial charge in [0.05, 0.1) is 18.3 Å². The van der Waals surface area contributed by atoms with Crippen LogP contribution in [0.15, 0.2) is 12.3 Å². The van der Waals surface area contributed by atoms with Crippen molar-refractivity contribution in [3.63, 3.8) is 0 Å². The van der Waals surface area contributed by atoms with Crippen LogP contribution >= 0.6 is 0 Å². The molecule has 1 N–H and O–H groups in total. The molecule has 0 radical (unpaired) electrons. The van der Waals surface area contributed by atoms with Crippen LogP contribution in [0.2, 0.25) is 0 Å². The molecule has 1 aromatic rings. The van der Waals surface area contributed by atoms with E-state index in [1.165, 1.54) is 0 Å². The number of amides is 1. The van der Waals surface area contributed by atoms with Crippen LogP contribution in [0.25, 0.3) is 0 Å². The van der Waals surface area contributed by atoms with Gasteiger partial charge in [0.2, 0.25) is 0 Å². The summed E-state index contributed by atoms with van der Waals surface area (Å²) >= 11 is 0. The molecule has 1 rings (SSSR count). The summed E-state index contributed by atoms with van der Waals surface area (Å²) in [5.74, 6) is 0. The summed E-state index contributed by atoms with van der Waals surface area (Å²) in [5.41, 5.74) is 0.182. The number of rotatable bonds is 6. The van der Waals surface area contributed by atoms with Crippen LogP contribution in [0.4, 0.5) is 4.79 Å². The van der Waals surface area contributed by atoms with Gasteiger partial charge in [0.1, 0.15) is 5.60 Å². The van der Waals surface area contributed by atoms with Crippen LogP contribution in [0.5, 0.6) is 0 Å². The highest BCUT2D eigenvalue weighted by Gasteiger charge is 2.20. The van der Waals surface area contributed by atoms with Crippen molar-refractivity contribution in [2.75, 3.05) is 13.6 Å². The lowest BCUT2D eigenvalue weighted by Gasteiger charge is -2.26. The van der Waals surface area contributed by atoms with Crippen LogP contribution in [0, 0.1) is 0 Å². The Labute approximate surface area is 126 Å². The predicted molar refractivity (Wildman–Crippen MR) is 81.0 cm³/mol. The van der Waals surface area contributed by atoms with Crippen molar-refractivity contribution in [1.82, 2.24) is 14.7 Å². The highest BCUT2D eigenvalue weighted by atomic mass is 16.6. The molecule has 0 saturated heterocycles. The van der Waals surface area contributed by atoms with E-state index in [0.717, 1.165) is 12.8 Å². The smallest absolute Gasteiger partial charge is 0.410 e. The van der Waals surface area contributed by atoms with E-state index in [9.17, 15) is 4.79 Å². The van der Waals surface area contributed by atoms with Gasteiger partial charge in [-0.2, -0.15) is 5.10 Å². The molecule has 0 aliphatic carbocycles. The minimum atomic E-state index is -0.479. The molecule has 0 fully saturated rings. The van der Waals surface area contributed by atoms with Gasteiger partial charge in [-0.05, 0) is 39.7 Å². The van der Waals surface area contributed by atoms with Gasteiger partial charge in [0.25, 0.3) is 0 Å². The van der Waals surface area contributed by atoms with E-state index in [-0.39, 0.29) is 18.7 Å². The number of carbonyl (C=O) groups is 1. The zero-order valence-electron chi connectivity index (χ0n) is 13.7. The normalized spacial score (nSPS) is 13.0. The monoisotopic (exact) mass is 297 g/mol. The Hall–Kier alpha value is -1.56. The molecule has 1 amide bonds. The van der Waals surface area contributed by atoms with Crippen molar-refractivity contribution in [2.45, 2.75) is 58.8 Å². The van der Waals surface area contributed by atoms with Gasteiger partial charge in [-0.15, -0.1) is 0 Å². The average molecular weight is 297 g/mol. The lowest BCUT2D eigenvalue weighted by atomic mass is 10.1. The summed E-state index contributed by atoms with van der Waals surface area (Å²) in [6, 6.07) is 2.01. The molecule has 0 bridgehead atoms. The van der Waals surface area contributed by atoms with Crippen LogP contribution < -0.4 is 0 Å². The van der Waals surface area contributed by atoms with Gasteiger partial charge in [0, 0.05) is 19.8 Å². The zero-order valence-corrected chi connectivity index (χ0v) is 13.7. The fourth-order valence-electron chi connectivity index (χ4n) is 1.96. The Morgan fingerprint density at radius 1 is 1.52 bits per heavy atom. The highest BCUT2D eigenvalue weighted by Crippen LogP contribution is 2.17. The van der Waals surface area contributed by atoms with E-state index in [0.29, 0.717) is 12.2 Å². The van der Waals surface area contributed by atoms with E-state index in [1.54, 1.807) is 18.0 Å². The average Bonchev–Trinajstić information content (AvgIpc) is 2.86. The van der Waals surface area contributed by atoms with Crippen LogP contribution in [0.1, 0.15) is 52.3 Å². The lowest BCUT2D eigenvalue weighted by Crippen LogP contribution is -2.35. The summed E-state index contributed by atoms with van der Waals surface area (Å²) in [6.07, 6.45) is 3.26. The van der Waals surface area contributed by atoms with Gasteiger partial charge in [-0.3, -0.25) is 4.68 Å². The maximum atomic E-state index is 11.9. The molecule has 120 valence electrons. The molecule has 0 spiro atoms. The summed E-state index contributed by atoms with van der Waals surface area (Å²) in [6.45, 7) is 8.19. The molecule has 0 aliphatic heterocycles. The largest absolute Gasteiger partial charge is 0.444 e. The van der Waals surface area contributed by atoms with Gasteiger partial charge in [-0.25, -0.2) is 4.79 Å². The van der Waals surface area contributed by atoms with Crippen molar-refractivity contribution < 1.29 is 14.6 Å². The minimum Gasteiger partial charge on any atom is -0.444 e. The molecule has 1 heterocycles. The van der Waals surface area contributed by atoms with Gasteiger partial charge in [-0.1, -0.05) is 6.92 Å². The third-order valence-corrected chi connectivity index (χ3v) is 3.17. The maximum Gasteiger partial charge on any atom is 0.410 e. The van der Waals surface area contributed by atoms with Gasteiger partial charge >= 0.3 is 6.09 Å². The number of aromatic nitrogens is 2. The van der Waals surface area contributed by atoms with Crippen molar-refractivity contribution >= 4 is 6.09 Å². The van der Waals surface area contributed by atoms with E-state index < -0.39 is 5.60 Å². The maximum absolute atomic E-state index is 11.9. The Kier molecular flexibility index (Phi) is 6.20. The molecule has 0 aliphatic rings. The van der Waals surface area contributed by atoms with E-state index in [2.05, 4.69) is 12.0 Å². The molecule has 6 heteroatoms. The number of carbonyl (C=O) groups excluding carboxylic acids is 1. The third-order valence-electron chi connectivity index (χ3n) is 3.17. The molecule has 0 aromatic carbocycles. The number of aliphatic hydroxyl groups excluding tert-OH is 1. The first-order chi connectivity index (χ1) is 9.76. The summed E-state index contributed by atoms with van der Waals surface area (Å²) < 4.78 is 7.18. The Bertz CT molecular complexity index is 451. The summed E-state index contributed by atoms with van der Waals surface area (Å²) in [7, 11) is 1.74. The fraction of sp³-hybridized carbons (Fsp3) is 0.733. The first kappa shape index (κ1) is 17.5. The second kappa shape index (κ2) is 7.45. The Balaban J connectivity index is 2.53. The van der Waals surface area contributed by atoms with Gasteiger partial charge in [0.15, 0.2) is 0 Å². The molecule has 21 heavy (non-hydrogen) atoms. The third kappa shape index (κ3) is 5.75. The molecular weight excluding hydrogens is 270 g/mol. The van der Waals surface area contributed by atoms with Crippen molar-refractivity contribution in [3.05, 3.63) is 18.0 Å². The van der Waals surface area contributed by atoms with Crippen LogP contribution in [0.3, 0.4) is 0 Å². The van der Waals surface area contributed by atoms with E-state index >= 15 is 0 Å². The quantitative estimate of drug-likeness (QED) is 0.876. The molecule has 0 saturated carbocycles. The molecule has 1 atom stereocenters. The second-order valence-corrected chi connectivity index (χ2v) is 6.20. The topological polar surface area (TPSA) is 67.6 Å². The van der Waals surface area contributed by atoms with E-state index in [1.807, 2.05) is 31.6 Å². The minimum absolute atomic E-state index is 0.0543. The van der Waals surface area contributed by atoms with Gasteiger partial charge < -0.3 is 14.7 Å². The molecule has 1 unspecified atom stereocenters. The van der Waals surface area contributed by atoms with Crippen LogP contribution in [-0.4, -0.2) is 45.1 Å². The summed E-state index contributed by atoms with van der Waals surface area (Å²) in [5, 5.41) is 13.4. The zero-order chi connectivity index (χ0) is 16.0. The Morgan fingerprint density at radius 3 is 2.67 bits per heavy atom.